The minimum absolute atomic E-state index is 0.0590. The van der Waals surface area contributed by atoms with Crippen LogP contribution in [0, 0.1) is 0 Å². The molecule has 0 radical (unpaired) electrons. The van der Waals surface area contributed by atoms with Crippen molar-refractivity contribution in [1.82, 2.24) is 10.6 Å². The highest BCUT2D eigenvalue weighted by Gasteiger charge is 2.47. The lowest BCUT2D eigenvalue weighted by Gasteiger charge is -2.17. The van der Waals surface area contributed by atoms with Gasteiger partial charge in [0, 0.05) is 12.9 Å². The summed E-state index contributed by atoms with van der Waals surface area (Å²) in [5.74, 6) is 2.52. The third kappa shape index (κ3) is 2.10. The Morgan fingerprint density at radius 3 is 3.20 bits per heavy atom. The van der Waals surface area contributed by atoms with Crippen LogP contribution in [0.15, 0.2) is 4.99 Å². The van der Waals surface area contributed by atoms with Gasteiger partial charge in [0.1, 0.15) is 5.54 Å². The molecule has 2 saturated heterocycles. The minimum Gasteiger partial charge on any atom is -0.383 e. The number of ether oxygens (including phenoxy) is 1. The molecule has 0 aromatic carbocycles. The molecule has 2 rings (SSSR count). The molecule has 0 aliphatic carbocycles. The maximum Gasteiger partial charge on any atom is 0.253 e. The molecule has 1 unspecified atom stereocenters. The van der Waals surface area contributed by atoms with Gasteiger partial charge in [-0.3, -0.25) is 15.1 Å². The average molecular weight is 229 g/mol. The van der Waals surface area contributed by atoms with Crippen LogP contribution in [-0.2, 0) is 9.53 Å². The first-order valence-electron chi connectivity index (χ1n) is 4.98. The Balaban J connectivity index is 1.97. The van der Waals surface area contributed by atoms with Gasteiger partial charge >= 0.3 is 0 Å². The fourth-order valence-corrected chi connectivity index (χ4v) is 3.05. The smallest absolute Gasteiger partial charge is 0.253 e. The Morgan fingerprint density at radius 1 is 1.67 bits per heavy atom. The monoisotopic (exact) mass is 229 g/mol. The van der Waals surface area contributed by atoms with Crippen molar-refractivity contribution >= 4 is 23.6 Å². The topological polar surface area (TPSA) is 62.7 Å². The molecule has 1 amide bonds. The molecule has 6 heteroatoms. The number of hydrogen-bond acceptors (Lipinski definition) is 4. The molecule has 0 aromatic rings. The van der Waals surface area contributed by atoms with Crippen LogP contribution in [0.1, 0.15) is 6.42 Å². The van der Waals surface area contributed by atoms with E-state index in [1.165, 1.54) is 0 Å². The quantitative estimate of drug-likeness (QED) is 0.645. The second kappa shape index (κ2) is 4.40. The highest BCUT2D eigenvalue weighted by Crippen LogP contribution is 2.30. The number of nitrogens with one attached hydrogen (secondary N) is 2. The van der Waals surface area contributed by atoms with Crippen LogP contribution in [0.25, 0.3) is 0 Å². The molecule has 0 aromatic heterocycles. The van der Waals surface area contributed by atoms with Gasteiger partial charge in [-0.25, -0.2) is 0 Å². The number of guanidine groups is 1. The highest BCUT2D eigenvalue weighted by atomic mass is 32.2. The summed E-state index contributed by atoms with van der Waals surface area (Å²) in [7, 11) is 1.63. The van der Waals surface area contributed by atoms with Crippen molar-refractivity contribution in [3.8, 4) is 0 Å². The fourth-order valence-electron chi connectivity index (χ4n) is 1.71. The van der Waals surface area contributed by atoms with E-state index in [2.05, 4.69) is 15.6 Å². The van der Waals surface area contributed by atoms with Gasteiger partial charge in [0.15, 0.2) is 5.96 Å². The van der Waals surface area contributed by atoms with Gasteiger partial charge in [0.05, 0.1) is 13.2 Å². The molecule has 2 fully saturated rings. The Labute approximate surface area is 93.0 Å². The second-order valence-corrected chi connectivity index (χ2v) is 4.79. The van der Waals surface area contributed by atoms with Crippen molar-refractivity contribution in [3.63, 3.8) is 0 Å². The van der Waals surface area contributed by atoms with Crippen LogP contribution in [-0.4, -0.2) is 49.2 Å². The molecule has 1 spiro atoms. The van der Waals surface area contributed by atoms with E-state index in [1.54, 1.807) is 18.9 Å². The van der Waals surface area contributed by atoms with Gasteiger partial charge < -0.3 is 10.1 Å². The minimum atomic E-state index is -0.392. The first-order valence-corrected chi connectivity index (χ1v) is 6.13. The molecule has 0 bridgehead atoms. The number of nitrogens with zero attached hydrogens (tertiary/aromatic N) is 1. The van der Waals surface area contributed by atoms with E-state index in [9.17, 15) is 4.79 Å². The van der Waals surface area contributed by atoms with Crippen molar-refractivity contribution in [2.75, 3.05) is 31.8 Å². The lowest BCUT2D eigenvalue weighted by Crippen LogP contribution is -2.46. The largest absolute Gasteiger partial charge is 0.383 e. The molecule has 15 heavy (non-hydrogen) atoms. The van der Waals surface area contributed by atoms with Crippen molar-refractivity contribution in [2.45, 2.75) is 12.0 Å². The van der Waals surface area contributed by atoms with Gasteiger partial charge in [-0.15, -0.1) is 0 Å². The first-order chi connectivity index (χ1) is 7.27. The number of carbonyl (C=O) groups is 1. The van der Waals surface area contributed by atoms with Crippen LogP contribution < -0.4 is 10.6 Å². The van der Waals surface area contributed by atoms with Gasteiger partial charge in [0.25, 0.3) is 5.91 Å². The summed E-state index contributed by atoms with van der Waals surface area (Å²) in [6.45, 7) is 1.14. The summed E-state index contributed by atoms with van der Waals surface area (Å²) >= 11 is 1.80. The number of thioether (sulfide) groups is 1. The van der Waals surface area contributed by atoms with Crippen LogP contribution >= 0.6 is 11.8 Å². The summed E-state index contributed by atoms with van der Waals surface area (Å²) in [6.07, 6.45) is 0.882. The van der Waals surface area contributed by atoms with Gasteiger partial charge in [-0.2, -0.15) is 11.8 Å². The molecule has 2 aliphatic rings. The predicted octanol–water partition coefficient (Wildman–Crippen LogP) is -0.416. The summed E-state index contributed by atoms with van der Waals surface area (Å²) in [5, 5.41) is 5.96. The van der Waals surface area contributed by atoms with E-state index in [0.717, 1.165) is 17.9 Å². The number of carbonyl (C=O) groups excluding carboxylic acids is 1. The zero-order valence-corrected chi connectivity index (χ0v) is 9.52. The third-order valence-corrected chi connectivity index (χ3v) is 3.80. The van der Waals surface area contributed by atoms with Crippen LogP contribution in [0.5, 0.6) is 0 Å². The molecular formula is C9H15N3O2S. The highest BCUT2D eigenvalue weighted by molar-refractivity contribution is 7.99. The van der Waals surface area contributed by atoms with Crippen molar-refractivity contribution in [1.29, 1.82) is 0 Å². The number of amides is 1. The van der Waals surface area contributed by atoms with Crippen molar-refractivity contribution < 1.29 is 9.53 Å². The zero-order chi connectivity index (χ0) is 10.7. The normalized spacial score (nSPS) is 32.3. The van der Waals surface area contributed by atoms with E-state index < -0.39 is 5.54 Å². The molecule has 0 saturated carbocycles. The summed E-state index contributed by atoms with van der Waals surface area (Å²) < 4.78 is 4.89. The second-order valence-electron chi connectivity index (χ2n) is 3.69. The van der Waals surface area contributed by atoms with E-state index in [-0.39, 0.29) is 5.91 Å². The fraction of sp³-hybridized carbons (Fsp3) is 0.778. The number of rotatable bonds is 3. The Morgan fingerprint density at radius 2 is 2.53 bits per heavy atom. The average Bonchev–Trinajstić information content (AvgIpc) is 2.78. The van der Waals surface area contributed by atoms with Crippen molar-refractivity contribution in [3.05, 3.63) is 0 Å². The van der Waals surface area contributed by atoms with Gasteiger partial charge in [0.2, 0.25) is 0 Å². The molecular weight excluding hydrogens is 214 g/mol. The van der Waals surface area contributed by atoms with Crippen molar-refractivity contribution in [2.24, 2.45) is 4.99 Å². The van der Waals surface area contributed by atoms with E-state index >= 15 is 0 Å². The molecule has 5 nitrogen and oxygen atoms in total. The van der Waals surface area contributed by atoms with Crippen LogP contribution in [0.4, 0.5) is 0 Å². The Bertz CT molecular complexity index is 287. The SMILES string of the molecule is COCCN=C1NC(=O)C2(CCSC2)N1. The lowest BCUT2D eigenvalue weighted by atomic mass is 10.0. The van der Waals surface area contributed by atoms with Gasteiger partial charge in [-0.05, 0) is 12.2 Å². The maximum absolute atomic E-state index is 11.7. The van der Waals surface area contributed by atoms with Gasteiger partial charge in [-0.1, -0.05) is 0 Å². The summed E-state index contributed by atoms with van der Waals surface area (Å²) in [6, 6.07) is 0. The Hall–Kier alpha value is -0.750. The lowest BCUT2D eigenvalue weighted by molar-refractivity contribution is -0.123. The standard InChI is InChI=1S/C9H15N3O2S/c1-14-4-3-10-8-11-7(13)9(12-8)2-5-15-6-9/h2-6H2,1H3,(H2,10,11,12,13). The van der Waals surface area contributed by atoms with E-state index in [0.29, 0.717) is 19.1 Å². The predicted molar refractivity (Wildman–Crippen MR) is 60.1 cm³/mol. The summed E-state index contributed by atoms with van der Waals surface area (Å²) in [5.41, 5.74) is -0.392. The maximum atomic E-state index is 11.7. The first kappa shape index (κ1) is 10.8. The molecule has 2 aliphatic heterocycles. The number of aliphatic imine (C=N–C) groups is 1. The van der Waals surface area contributed by atoms with E-state index in [4.69, 9.17) is 4.74 Å². The van der Waals surface area contributed by atoms with E-state index in [1.807, 2.05) is 0 Å². The molecule has 84 valence electrons. The summed E-state index contributed by atoms with van der Waals surface area (Å²) in [4.78, 5) is 16.0. The zero-order valence-electron chi connectivity index (χ0n) is 8.71. The number of methoxy groups -OCH3 is 1. The Kier molecular flexibility index (Phi) is 3.16. The molecule has 2 heterocycles. The third-order valence-electron chi connectivity index (χ3n) is 2.61. The van der Waals surface area contributed by atoms with Crippen LogP contribution in [0.3, 0.4) is 0 Å². The van der Waals surface area contributed by atoms with Crippen LogP contribution in [0.2, 0.25) is 0 Å². The number of hydrogen-bond donors (Lipinski definition) is 2. The molecule has 1 atom stereocenters. The molecule has 2 N–H and O–H groups in total.